The molecule has 0 aliphatic carbocycles. The van der Waals surface area contributed by atoms with Crippen molar-refractivity contribution >= 4 is 21.6 Å². The smallest absolute Gasteiger partial charge is 0.283 e. The van der Waals surface area contributed by atoms with E-state index in [0.717, 1.165) is 4.52 Å². The van der Waals surface area contributed by atoms with Crippen molar-refractivity contribution in [1.29, 1.82) is 0 Å². The molecule has 0 amide bonds. The zero-order valence-corrected chi connectivity index (χ0v) is 8.56. The zero-order chi connectivity index (χ0) is 11.2. The first kappa shape index (κ1) is 10.2. The maximum absolute atomic E-state index is 12.3. The molecule has 4 nitrogen and oxygen atoms in total. The van der Waals surface area contributed by atoms with Gasteiger partial charge in [0.2, 0.25) is 0 Å². The first-order valence-electron chi connectivity index (χ1n) is 3.73. The van der Waals surface area contributed by atoms with Gasteiger partial charge in [-0.05, 0) is 15.9 Å². The van der Waals surface area contributed by atoms with Gasteiger partial charge in [-0.25, -0.2) is 9.50 Å². The highest BCUT2D eigenvalue weighted by molar-refractivity contribution is 9.10. The molecule has 2 rings (SSSR count). The van der Waals surface area contributed by atoms with Crippen LogP contribution in [-0.2, 0) is 6.18 Å². The highest BCUT2D eigenvalue weighted by Crippen LogP contribution is 2.26. The van der Waals surface area contributed by atoms with E-state index in [1.54, 1.807) is 0 Å². The molecule has 0 fully saturated rings. The van der Waals surface area contributed by atoms with Crippen molar-refractivity contribution in [1.82, 2.24) is 14.6 Å². The Morgan fingerprint density at radius 3 is 2.67 bits per heavy atom. The zero-order valence-electron chi connectivity index (χ0n) is 6.97. The molecule has 0 aliphatic heterocycles. The number of hydrogen-bond acceptors (Lipinski definition) is 2. The number of aromatic amines is 1. The van der Waals surface area contributed by atoms with Crippen LogP contribution in [0.3, 0.4) is 0 Å². The van der Waals surface area contributed by atoms with Crippen LogP contribution in [0, 0.1) is 0 Å². The molecule has 0 spiro atoms. The minimum Gasteiger partial charge on any atom is -0.283 e. The maximum atomic E-state index is 12.3. The molecule has 0 saturated carbocycles. The molecule has 1 N–H and O–H groups in total. The van der Waals surface area contributed by atoms with E-state index < -0.39 is 17.4 Å². The minimum absolute atomic E-state index is 0.0818. The summed E-state index contributed by atoms with van der Waals surface area (Å²) in [7, 11) is 0. The van der Waals surface area contributed by atoms with Crippen LogP contribution < -0.4 is 5.56 Å². The fourth-order valence-electron chi connectivity index (χ4n) is 1.11. The van der Waals surface area contributed by atoms with Gasteiger partial charge in [0.05, 0.1) is 0 Å². The molecule has 2 aromatic rings. The molecule has 0 saturated heterocycles. The highest BCUT2D eigenvalue weighted by atomic mass is 79.9. The number of halogens is 4. The Hall–Kier alpha value is -1.31. The van der Waals surface area contributed by atoms with Gasteiger partial charge in [-0.1, -0.05) is 0 Å². The Bertz CT molecular complexity index is 571. The van der Waals surface area contributed by atoms with Gasteiger partial charge in [0, 0.05) is 12.1 Å². The fourth-order valence-corrected chi connectivity index (χ4v) is 1.49. The van der Waals surface area contributed by atoms with E-state index in [9.17, 15) is 18.0 Å². The van der Waals surface area contributed by atoms with Crippen LogP contribution in [0.4, 0.5) is 13.2 Å². The van der Waals surface area contributed by atoms with Crippen molar-refractivity contribution in [3.8, 4) is 0 Å². The third kappa shape index (κ3) is 1.76. The predicted molar refractivity (Wildman–Crippen MR) is 48.5 cm³/mol. The van der Waals surface area contributed by atoms with E-state index in [1.165, 1.54) is 6.07 Å². The van der Waals surface area contributed by atoms with Gasteiger partial charge in [-0.15, -0.1) is 0 Å². The summed E-state index contributed by atoms with van der Waals surface area (Å²) in [4.78, 5) is 14.5. The molecule has 0 unspecified atom stereocenters. The van der Waals surface area contributed by atoms with Gasteiger partial charge in [-0.3, -0.25) is 9.89 Å². The molecule has 0 aliphatic rings. The van der Waals surface area contributed by atoms with Gasteiger partial charge in [0.1, 0.15) is 4.60 Å². The summed E-state index contributed by atoms with van der Waals surface area (Å²) in [6, 6.07) is 1.73. The lowest BCUT2D eigenvalue weighted by atomic mass is 10.4. The molecule has 15 heavy (non-hydrogen) atoms. The number of hydrogen-bond donors (Lipinski definition) is 1. The Morgan fingerprint density at radius 1 is 1.40 bits per heavy atom. The lowest BCUT2D eigenvalue weighted by Crippen LogP contribution is -2.19. The second-order valence-electron chi connectivity index (χ2n) is 2.78. The van der Waals surface area contributed by atoms with E-state index in [2.05, 4.69) is 26.0 Å². The normalized spacial score (nSPS) is 12.3. The van der Waals surface area contributed by atoms with Crippen molar-refractivity contribution in [2.75, 3.05) is 0 Å². The highest BCUT2D eigenvalue weighted by Gasteiger charge is 2.33. The standard InChI is InChI=1S/C7H3BrF3N3O/c8-4-2-5-12-3(7(9,10)11)1-6(15)14(5)13-4/h1-2,13H. The molecular weight excluding hydrogens is 279 g/mol. The predicted octanol–water partition coefficient (Wildman–Crippen LogP) is 1.80. The lowest BCUT2D eigenvalue weighted by Gasteiger charge is -2.04. The van der Waals surface area contributed by atoms with Crippen LogP contribution in [0.5, 0.6) is 0 Å². The van der Waals surface area contributed by atoms with E-state index in [0.29, 0.717) is 10.7 Å². The van der Waals surface area contributed by atoms with E-state index in [-0.39, 0.29) is 5.65 Å². The topological polar surface area (TPSA) is 50.2 Å². The molecule has 8 heteroatoms. The summed E-state index contributed by atoms with van der Waals surface area (Å²) in [5, 5.41) is 2.50. The Morgan fingerprint density at radius 2 is 2.07 bits per heavy atom. The largest absolute Gasteiger partial charge is 0.433 e. The molecule has 0 radical (unpaired) electrons. The number of alkyl halides is 3. The summed E-state index contributed by atoms with van der Waals surface area (Å²) < 4.78 is 38.1. The molecule has 0 aromatic carbocycles. The van der Waals surface area contributed by atoms with Crippen molar-refractivity contribution in [2.24, 2.45) is 0 Å². The second-order valence-corrected chi connectivity index (χ2v) is 3.63. The molecule has 0 bridgehead atoms. The van der Waals surface area contributed by atoms with E-state index >= 15 is 0 Å². The monoisotopic (exact) mass is 281 g/mol. The van der Waals surface area contributed by atoms with Gasteiger partial charge >= 0.3 is 6.18 Å². The van der Waals surface area contributed by atoms with Crippen LogP contribution in [0.25, 0.3) is 5.65 Å². The van der Waals surface area contributed by atoms with Gasteiger partial charge in [-0.2, -0.15) is 13.2 Å². The maximum Gasteiger partial charge on any atom is 0.433 e. The molecule has 80 valence electrons. The number of aromatic nitrogens is 3. The molecule has 2 heterocycles. The Labute approximate surface area is 88.8 Å². The van der Waals surface area contributed by atoms with Gasteiger partial charge in [0.25, 0.3) is 5.56 Å². The molecular formula is C7H3BrF3N3O. The Balaban J connectivity index is 2.78. The van der Waals surface area contributed by atoms with Crippen molar-refractivity contribution < 1.29 is 13.2 Å². The van der Waals surface area contributed by atoms with Gasteiger partial charge < -0.3 is 0 Å². The summed E-state index contributed by atoms with van der Waals surface area (Å²) in [6.45, 7) is 0. The fraction of sp³-hybridized carbons (Fsp3) is 0.143. The minimum atomic E-state index is -4.61. The van der Waals surface area contributed by atoms with Crippen molar-refractivity contribution in [3.05, 3.63) is 32.8 Å². The summed E-state index contributed by atoms with van der Waals surface area (Å²) in [5.74, 6) is 0. The third-order valence-corrected chi connectivity index (χ3v) is 2.12. The third-order valence-electron chi connectivity index (χ3n) is 1.71. The van der Waals surface area contributed by atoms with Crippen LogP contribution in [0.2, 0.25) is 0 Å². The van der Waals surface area contributed by atoms with Gasteiger partial charge in [0.15, 0.2) is 11.3 Å². The number of nitrogens with one attached hydrogen (secondary N) is 1. The van der Waals surface area contributed by atoms with Crippen LogP contribution in [0.15, 0.2) is 21.5 Å². The summed E-state index contributed by atoms with van der Waals surface area (Å²) in [6.07, 6.45) is -4.61. The summed E-state index contributed by atoms with van der Waals surface area (Å²) >= 11 is 3.00. The van der Waals surface area contributed by atoms with Crippen molar-refractivity contribution in [2.45, 2.75) is 6.18 Å². The first-order valence-corrected chi connectivity index (χ1v) is 4.53. The Kier molecular flexibility index (Phi) is 2.10. The number of nitrogens with zero attached hydrogens (tertiary/aromatic N) is 2. The van der Waals surface area contributed by atoms with Crippen LogP contribution >= 0.6 is 15.9 Å². The summed E-state index contributed by atoms with van der Waals surface area (Å²) in [5.41, 5.74) is -2.08. The first-order chi connectivity index (χ1) is 6.88. The quantitative estimate of drug-likeness (QED) is 0.801. The van der Waals surface area contributed by atoms with E-state index in [4.69, 9.17) is 0 Å². The van der Waals surface area contributed by atoms with Crippen LogP contribution in [0.1, 0.15) is 5.69 Å². The second kappa shape index (κ2) is 3.09. The van der Waals surface area contributed by atoms with E-state index in [1.807, 2.05) is 0 Å². The van der Waals surface area contributed by atoms with Crippen LogP contribution in [-0.4, -0.2) is 14.6 Å². The molecule has 0 atom stereocenters. The number of H-pyrrole nitrogens is 1. The average molecular weight is 282 g/mol. The average Bonchev–Trinajstić information content (AvgIpc) is 2.44. The van der Waals surface area contributed by atoms with Crippen molar-refractivity contribution in [3.63, 3.8) is 0 Å². The number of fused-ring (bicyclic) bond motifs is 1. The number of rotatable bonds is 0. The lowest BCUT2D eigenvalue weighted by molar-refractivity contribution is -0.141. The SMILES string of the molecule is O=c1cc(C(F)(F)F)nc2cc(Br)[nH]n12. The molecule has 2 aromatic heterocycles.